The molecule has 0 saturated carbocycles. The van der Waals surface area contributed by atoms with E-state index in [-0.39, 0.29) is 0 Å². The van der Waals surface area contributed by atoms with Gasteiger partial charge < -0.3 is 15.4 Å². The summed E-state index contributed by atoms with van der Waals surface area (Å²) in [4.78, 5) is 2.08. The van der Waals surface area contributed by atoms with Crippen LogP contribution in [-0.2, 0) is 0 Å². The molecule has 0 aliphatic rings. The number of nitrogens with two attached hydrogens (primary N) is 1. The van der Waals surface area contributed by atoms with Gasteiger partial charge in [-0.15, -0.1) is 0 Å². The van der Waals surface area contributed by atoms with E-state index < -0.39 is 0 Å². The quantitative estimate of drug-likeness (QED) is 0.852. The Bertz CT molecular complexity index is 593. The van der Waals surface area contributed by atoms with Crippen LogP contribution in [0, 0.1) is 13.8 Å². The summed E-state index contributed by atoms with van der Waals surface area (Å²) in [5.41, 5.74) is 11.1. The van der Waals surface area contributed by atoms with Crippen LogP contribution in [0.15, 0.2) is 36.4 Å². The van der Waals surface area contributed by atoms with Crippen LogP contribution in [0.1, 0.15) is 11.1 Å². The Morgan fingerprint density at radius 3 is 2.37 bits per heavy atom. The number of hydrogen-bond donors (Lipinski definition) is 1. The Morgan fingerprint density at radius 1 is 1.05 bits per heavy atom. The van der Waals surface area contributed by atoms with Gasteiger partial charge in [-0.1, -0.05) is 6.07 Å². The fraction of sp³-hybridized carbons (Fsp3) is 0.250. The molecule has 3 heteroatoms. The van der Waals surface area contributed by atoms with Gasteiger partial charge in [0.25, 0.3) is 0 Å². The van der Waals surface area contributed by atoms with Crippen molar-refractivity contribution in [2.45, 2.75) is 13.8 Å². The summed E-state index contributed by atoms with van der Waals surface area (Å²) in [5.74, 6) is 0.869. The van der Waals surface area contributed by atoms with E-state index in [1.54, 1.807) is 7.11 Å². The second-order valence-corrected chi connectivity index (χ2v) is 4.76. The molecule has 100 valence electrons. The van der Waals surface area contributed by atoms with Crippen molar-refractivity contribution in [3.8, 4) is 5.75 Å². The number of methoxy groups -OCH3 is 1. The van der Waals surface area contributed by atoms with Crippen molar-refractivity contribution in [2.75, 3.05) is 24.8 Å². The summed E-state index contributed by atoms with van der Waals surface area (Å²) in [5, 5.41) is 0. The molecular formula is C16H20N2O. The fourth-order valence-corrected chi connectivity index (χ4v) is 2.07. The Balaban J connectivity index is 2.49. The van der Waals surface area contributed by atoms with Crippen molar-refractivity contribution < 1.29 is 4.74 Å². The third kappa shape index (κ3) is 2.65. The van der Waals surface area contributed by atoms with Crippen molar-refractivity contribution in [1.82, 2.24) is 0 Å². The molecule has 0 unspecified atom stereocenters. The van der Waals surface area contributed by atoms with Crippen LogP contribution < -0.4 is 15.4 Å². The molecule has 0 fully saturated rings. The molecule has 2 rings (SSSR count). The van der Waals surface area contributed by atoms with Crippen molar-refractivity contribution in [2.24, 2.45) is 0 Å². The third-order valence-electron chi connectivity index (χ3n) is 3.41. The maximum absolute atomic E-state index is 5.84. The zero-order valence-electron chi connectivity index (χ0n) is 11.9. The first-order valence-corrected chi connectivity index (χ1v) is 6.27. The zero-order valence-corrected chi connectivity index (χ0v) is 11.9. The first-order chi connectivity index (χ1) is 9.02. The molecule has 0 saturated heterocycles. The van der Waals surface area contributed by atoms with Gasteiger partial charge in [-0.25, -0.2) is 0 Å². The summed E-state index contributed by atoms with van der Waals surface area (Å²) in [6, 6.07) is 12.0. The average Bonchev–Trinajstić information content (AvgIpc) is 2.40. The number of anilines is 3. The highest BCUT2D eigenvalue weighted by Crippen LogP contribution is 2.35. The Hall–Kier alpha value is -2.16. The van der Waals surface area contributed by atoms with E-state index in [0.29, 0.717) is 0 Å². The number of ether oxygens (including phenoxy) is 1. The Morgan fingerprint density at radius 2 is 1.74 bits per heavy atom. The van der Waals surface area contributed by atoms with Crippen LogP contribution in [0.2, 0.25) is 0 Å². The van der Waals surface area contributed by atoms with Crippen molar-refractivity contribution in [3.05, 3.63) is 47.5 Å². The average molecular weight is 256 g/mol. The molecule has 0 aliphatic carbocycles. The van der Waals surface area contributed by atoms with Crippen molar-refractivity contribution in [3.63, 3.8) is 0 Å². The lowest BCUT2D eigenvalue weighted by atomic mass is 10.1. The molecule has 2 aromatic rings. The largest absolute Gasteiger partial charge is 0.495 e. The minimum absolute atomic E-state index is 0.757. The lowest BCUT2D eigenvalue weighted by Crippen LogP contribution is -2.11. The van der Waals surface area contributed by atoms with Crippen molar-refractivity contribution >= 4 is 17.1 Å². The lowest BCUT2D eigenvalue weighted by molar-refractivity contribution is 0.415. The molecule has 0 aromatic heterocycles. The van der Waals surface area contributed by atoms with E-state index in [9.17, 15) is 0 Å². The second kappa shape index (κ2) is 5.22. The number of nitrogens with zero attached hydrogens (tertiary/aromatic N) is 1. The molecule has 3 nitrogen and oxygen atoms in total. The van der Waals surface area contributed by atoms with Gasteiger partial charge in [0.05, 0.1) is 12.8 Å². The molecule has 19 heavy (non-hydrogen) atoms. The highest BCUT2D eigenvalue weighted by atomic mass is 16.5. The van der Waals surface area contributed by atoms with Gasteiger partial charge in [0.1, 0.15) is 5.75 Å². The van der Waals surface area contributed by atoms with E-state index in [2.05, 4.69) is 30.9 Å². The molecule has 0 aliphatic heterocycles. The highest BCUT2D eigenvalue weighted by Gasteiger charge is 2.12. The van der Waals surface area contributed by atoms with E-state index in [1.807, 2.05) is 31.3 Å². The van der Waals surface area contributed by atoms with Gasteiger partial charge in [-0.05, 0) is 55.3 Å². The van der Waals surface area contributed by atoms with Crippen LogP contribution >= 0.6 is 0 Å². The number of benzene rings is 2. The smallest absolute Gasteiger partial charge is 0.142 e. The normalized spacial score (nSPS) is 10.3. The molecular weight excluding hydrogens is 236 g/mol. The van der Waals surface area contributed by atoms with Crippen LogP contribution in [0.25, 0.3) is 0 Å². The van der Waals surface area contributed by atoms with Crippen LogP contribution in [0.4, 0.5) is 17.1 Å². The van der Waals surface area contributed by atoms with Gasteiger partial charge in [0.15, 0.2) is 0 Å². The predicted octanol–water partition coefficient (Wildman–Crippen LogP) is 3.66. The molecule has 0 heterocycles. The van der Waals surface area contributed by atoms with Crippen LogP contribution in [0.5, 0.6) is 5.75 Å². The monoisotopic (exact) mass is 256 g/mol. The Kier molecular flexibility index (Phi) is 3.65. The van der Waals surface area contributed by atoms with Gasteiger partial charge in [0, 0.05) is 18.4 Å². The maximum atomic E-state index is 5.84. The molecule has 2 N–H and O–H groups in total. The third-order valence-corrected chi connectivity index (χ3v) is 3.41. The van der Waals surface area contributed by atoms with Gasteiger partial charge in [-0.3, -0.25) is 0 Å². The van der Waals surface area contributed by atoms with E-state index >= 15 is 0 Å². The molecule has 0 atom stereocenters. The summed E-state index contributed by atoms with van der Waals surface area (Å²) in [7, 11) is 3.71. The first kappa shape index (κ1) is 13.3. The Labute approximate surface area is 114 Å². The summed E-state index contributed by atoms with van der Waals surface area (Å²) >= 11 is 0. The fourth-order valence-electron chi connectivity index (χ4n) is 2.07. The minimum atomic E-state index is 0.757. The molecule has 0 spiro atoms. The molecule has 0 radical (unpaired) electrons. The maximum Gasteiger partial charge on any atom is 0.142 e. The first-order valence-electron chi connectivity index (χ1n) is 6.27. The predicted molar refractivity (Wildman–Crippen MR) is 81.4 cm³/mol. The number of aryl methyl sites for hydroxylation is 2. The lowest BCUT2D eigenvalue weighted by Gasteiger charge is -2.23. The topological polar surface area (TPSA) is 38.5 Å². The molecule has 2 aromatic carbocycles. The standard InChI is InChI=1S/C16H20N2O/c1-11-8-15(16(19-4)9-12(11)2)18(3)14-7-5-6-13(17)10-14/h5-10H,17H2,1-4H3. The zero-order chi connectivity index (χ0) is 14.0. The highest BCUT2D eigenvalue weighted by molar-refractivity contribution is 5.71. The number of rotatable bonds is 3. The minimum Gasteiger partial charge on any atom is -0.495 e. The number of nitrogen functional groups attached to an aromatic ring is 1. The van der Waals surface area contributed by atoms with Crippen LogP contribution in [-0.4, -0.2) is 14.2 Å². The summed E-state index contributed by atoms with van der Waals surface area (Å²) in [6.45, 7) is 4.19. The van der Waals surface area contributed by atoms with E-state index in [1.165, 1.54) is 11.1 Å². The van der Waals surface area contributed by atoms with Gasteiger partial charge >= 0.3 is 0 Å². The second-order valence-electron chi connectivity index (χ2n) is 4.76. The SMILES string of the molecule is COc1cc(C)c(C)cc1N(C)c1cccc(N)c1. The van der Waals surface area contributed by atoms with E-state index in [0.717, 1.165) is 22.8 Å². The van der Waals surface area contributed by atoms with E-state index in [4.69, 9.17) is 10.5 Å². The van der Waals surface area contributed by atoms with Gasteiger partial charge in [0.2, 0.25) is 0 Å². The summed E-state index contributed by atoms with van der Waals surface area (Å²) in [6.07, 6.45) is 0. The van der Waals surface area contributed by atoms with Gasteiger partial charge in [-0.2, -0.15) is 0 Å². The van der Waals surface area contributed by atoms with Crippen molar-refractivity contribution in [1.29, 1.82) is 0 Å². The molecule has 0 bridgehead atoms. The summed E-state index contributed by atoms with van der Waals surface area (Å²) < 4.78 is 5.48. The van der Waals surface area contributed by atoms with Crippen LogP contribution in [0.3, 0.4) is 0 Å². The molecule has 0 amide bonds. The number of hydrogen-bond acceptors (Lipinski definition) is 3.